The molecule has 0 aliphatic carbocycles. The lowest BCUT2D eigenvalue weighted by atomic mass is 10.0. The molecule has 4 aromatic rings. The molecule has 4 rings (SSSR count). The van der Waals surface area contributed by atoms with Crippen LogP contribution >= 0.6 is 11.6 Å². The number of hydrogen-bond acceptors (Lipinski definition) is 4. The van der Waals surface area contributed by atoms with Gasteiger partial charge in [0, 0.05) is 24.0 Å². The summed E-state index contributed by atoms with van der Waals surface area (Å²) in [6.07, 6.45) is 0.845. The van der Waals surface area contributed by atoms with Crippen molar-refractivity contribution >= 4 is 39.1 Å². The fourth-order valence-corrected chi connectivity index (χ4v) is 6.33. The number of anilines is 1. The third-order valence-corrected chi connectivity index (χ3v) is 9.57. The maximum atomic E-state index is 15.2. The molecule has 2 amide bonds. The molecule has 2 unspecified atom stereocenters. The van der Waals surface area contributed by atoms with Crippen molar-refractivity contribution in [1.29, 1.82) is 0 Å². The molecule has 0 bridgehead atoms. The van der Waals surface area contributed by atoms with Crippen LogP contribution in [0.3, 0.4) is 0 Å². The minimum absolute atomic E-state index is 0.0167. The van der Waals surface area contributed by atoms with E-state index in [9.17, 15) is 18.0 Å². The number of carbonyl (C=O) groups is 2. The molecule has 0 radical (unpaired) electrons. The number of aryl methyl sites for hydroxylation is 1. The number of para-hydroxylation sites is 1. The van der Waals surface area contributed by atoms with Crippen LogP contribution < -0.4 is 9.62 Å². The highest BCUT2D eigenvalue weighted by Crippen LogP contribution is 2.27. The summed E-state index contributed by atoms with van der Waals surface area (Å²) in [6.45, 7) is 4.87. The smallest absolute Gasteiger partial charge is 0.264 e. The zero-order valence-electron chi connectivity index (χ0n) is 25.5. The van der Waals surface area contributed by atoms with E-state index in [1.54, 1.807) is 36.4 Å². The highest BCUT2D eigenvalue weighted by Gasteiger charge is 2.35. The number of halogens is 2. The molecular formula is C35H37ClFN3O4S. The van der Waals surface area contributed by atoms with Crippen molar-refractivity contribution < 1.29 is 22.4 Å². The Hall–Kier alpha value is -4.21. The summed E-state index contributed by atoms with van der Waals surface area (Å²) in [6, 6.07) is 26.5. The number of nitrogens with zero attached hydrogens (tertiary/aromatic N) is 2. The Morgan fingerprint density at radius 3 is 2.11 bits per heavy atom. The molecule has 236 valence electrons. The number of hydrogen-bond donors (Lipinski definition) is 1. The van der Waals surface area contributed by atoms with Gasteiger partial charge in [-0.25, -0.2) is 12.8 Å². The monoisotopic (exact) mass is 649 g/mol. The molecule has 0 aliphatic rings. The van der Waals surface area contributed by atoms with E-state index in [0.29, 0.717) is 17.0 Å². The second kappa shape index (κ2) is 15.2. The van der Waals surface area contributed by atoms with Crippen LogP contribution in [-0.4, -0.2) is 43.8 Å². The van der Waals surface area contributed by atoms with E-state index in [1.807, 2.05) is 51.1 Å². The van der Waals surface area contributed by atoms with E-state index in [1.165, 1.54) is 35.2 Å². The molecule has 2 atom stereocenters. The first-order valence-electron chi connectivity index (χ1n) is 14.7. The lowest BCUT2D eigenvalue weighted by Gasteiger charge is -2.34. The Bertz CT molecular complexity index is 1700. The van der Waals surface area contributed by atoms with Gasteiger partial charge >= 0.3 is 0 Å². The van der Waals surface area contributed by atoms with Crippen LogP contribution in [0.1, 0.15) is 37.0 Å². The molecule has 45 heavy (non-hydrogen) atoms. The lowest BCUT2D eigenvalue weighted by Crippen LogP contribution is -2.54. The summed E-state index contributed by atoms with van der Waals surface area (Å²) < 4.78 is 44.1. The van der Waals surface area contributed by atoms with Crippen molar-refractivity contribution in [2.45, 2.75) is 57.1 Å². The minimum Gasteiger partial charge on any atom is -0.352 e. The van der Waals surface area contributed by atoms with Gasteiger partial charge in [0.05, 0.1) is 10.6 Å². The summed E-state index contributed by atoms with van der Waals surface area (Å²) >= 11 is 6.12. The van der Waals surface area contributed by atoms with Gasteiger partial charge in [0.25, 0.3) is 10.0 Å². The first kappa shape index (κ1) is 33.7. The quantitative estimate of drug-likeness (QED) is 0.178. The predicted molar refractivity (Wildman–Crippen MR) is 176 cm³/mol. The second-order valence-electron chi connectivity index (χ2n) is 10.9. The molecule has 1 N–H and O–H groups in total. The summed E-state index contributed by atoms with van der Waals surface area (Å²) in [5.74, 6) is -1.86. The van der Waals surface area contributed by atoms with Crippen LogP contribution in [0.2, 0.25) is 5.02 Å². The number of carbonyl (C=O) groups excluding carboxylic acids is 2. The van der Waals surface area contributed by atoms with Gasteiger partial charge in [-0.15, -0.1) is 0 Å². The summed E-state index contributed by atoms with van der Waals surface area (Å²) in [4.78, 5) is 29.5. The zero-order chi connectivity index (χ0) is 32.6. The standard InChI is InChI=1S/C35H37ClFN3O4S/c1-4-26(3)38-35(42)33(22-27-10-6-5-7-11-27)39(23-28-16-18-29(36)19-17-28)34(41)24-40(32-13-9-8-12-31(32)37)45(43,44)30-20-14-25(2)15-21-30/h5-21,26,33H,4,22-24H2,1-3H3,(H,38,42). The van der Waals surface area contributed by atoms with E-state index >= 15 is 4.39 Å². The fraction of sp³-hybridized carbons (Fsp3) is 0.257. The van der Waals surface area contributed by atoms with Crippen molar-refractivity contribution in [2.75, 3.05) is 10.8 Å². The Labute approximate surface area is 269 Å². The molecule has 4 aromatic carbocycles. The first-order chi connectivity index (χ1) is 21.5. The largest absolute Gasteiger partial charge is 0.352 e. The van der Waals surface area contributed by atoms with Gasteiger partial charge in [-0.05, 0) is 67.8 Å². The van der Waals surface area contributed by atoms with Crippen LogP contribution in [-0.2, 0) is 32.6 Å². The Morgan fingerprint density at radius 1 is 0.867 bits per heavy atom. The van der Waals surface area contributed by atoms with Crippen molar-refractivity contribution in [3.8, 4) is 0 Å². The Balaban J connectivity index is 1.81. The molecule has 0 heterocycles. The highest BCUT2D eigenvalue weighted by molar-refractivity contribution is 7.92. The fourth-order valence-electron chi connectivity index (χ4n) is 4.79. The maximum absolute atomic E-state index is 15.2. The van der Waals surface area contributed by atoms with Crippen LogP contribution in [0, 0.1) is 12.7 Å². The molecule has 0 fully saturated rings. The Kier molecular flexibility index (Phi) is 11.4. The molecule has 0 aliphatic heterocycles. The van der Waals surface area contributed by atoms with Crippen LogP contribution in [0.4, 0.5) is 10.1 Å². The van der Waals surface area contributed by atoms with Crippen LogP contribution in [0.25, 0.3) is 0 Å². The molecule has 0 saturated heterocycles. The summed E-state index contributed by atoms with van der Waals surface area (Å²) in [5.41, 5.74) is 2.06. The SMILES string of the molecule is CCC(C)NC(=O)C(Cc1ccccc1)N(Cc1ccc(Cl)cc1)C(=O)CN(c1ccccc1F)S(=O)(=O)c1ccc(C)cc1. The average molecular weight is 650 g/mol. The molecule has 0 saturated carbocycles. The number of benzene rings is 4. The highest BCUT2D eigenvalue weighted by atomic mass is 35.5. The van der Waals surface area contributed by atoms with Crippen molar-refractivity contribution in [3.63, 3.8) is 0 Å². The third kappa shape index (κ3) is 8.71. The van der Waals surface area contributed by atoms with E-state index < -0.39 is 34.3 Å². The van der Waals surface area contributed by atoms with Gasteiger partial charge in [0.2, 0.25) is 11.8 Å². The average Bonchev–Trinajstić information content (AvgIpc) is 3.03. The maximum Gasteiger partial charge on any atom is 0.264 e. The molecular weight excluding hydrogens is 613 g/mol. The van der Waals surface area contributed by atoms with Gasteiger partial charge < -0.3 is 10.2 Å². The van der Waals surface area contributed by atoms with E-state index in [2.05, 4.69) is 5.32 Å². The van der Waals surface area contributed by atoms with E-state index in [4.69, 9.17) is 11.6 Å². The number of sulfonamides is 1. The van der Waals surface area contributed by atoms with Gasteiger partial charge in [-0.3, -0.25) is 13.9 Å². The van der Waals surface area contributed by atoms with Gasteiger partial charge in [-0.2, -0.15) is 0 Å². The first-order valence-corrected chi connectivity index (χ1v) is 16.5. The summed E-state index contributed by atoms with van der Waals surface area (Å²) in [5, 5.41) is 3.49. The molecule has 0 aromatic heterocycles. The van der Waals surface area contributed by atoms with E-state index in [-0.39, 0.29) is 35.5 Å². The molecule has 7 nitrogen and oxygen atoms in total. The van der Waals surface area contributed by atoms with Gasteiger partial charge in [0.1, 0.15) is 18.4 Å². The topological polar surface area (TPSA) is 86.8 Å². The Morgan fingerprint density at radius 2 is 1.49 bits per heavy atom. The van der Waals surface area contributed by atoms with Crippen molar-refractivity contribution in [2.24, 2.45) is 0 Å². The normalized spacial score (nSPS) is 12.6. The van der Waals surface area contributed by atoms with Crippen LogP contribution in [0.5, 0.6) is 0 Å². The van der Waals surface area contributed by atoms with Crippen molar-refractivity contribution in [1.82, 2.24) is 10.2 Å². The molecule has 0 spiro atoms. The lowest BCUT2D eigenvalue weighted by molar-refractivity contribution is -0.140. The van der Waals surface area contributed by atoms with Crippen molar-refractivity contribution in [3.05, 3.63) is 131 Å². The van der Waals surface area contributed by atoms with Crippen LogP contribution in [0.15, 0.2) is 108 Å². The predicted octanol–water partition coefficient (Wildman–Crippen LogP) is 6.54. The van der Waals surface area contributed by atoms with Gasteiger partial charge in [-0.1, -0.05) is 90.8 Å². The minimum atomic E-state index is -4.40. The molecule has 10 heteroatoms. The number of nitrogens with one attached hydrogen (secondary N) is 1. The zero-order valence-corrected chi connectivity index (χ0v) is 27.1. The third-order valence-electron chi connectivity index (χ3n) is 7.55. The summed E-state index contributed by atoms with van der Waals surface area (Å²) in [7, 11) is -4.40. The number of rotatable bonds is 13. The second-order valence-corrected chi connectivity index (χ2v) is 13.2. The van der Waals surface area contributed by atoms with E-state index in [0.717, 1.165) is 21.5 Å². The number of amides is 2. The van der Waals surface area contributed by atoms with Gasteiger partial charge in [0.15, 0.2) is 0 Å².